The first-order valence-corrected chi connectivity index (χ1v) is 14.8. The van der Waals surface area contributed by atoms with Crippen LogP contribution in [0.25, 0.3) is 17.2 Å². The Bertz CT molecular complexity index is 1450. The Balaban J connectivity index is 1.31. The van der Waals surface area contributed by atoms with Gasteiger partial charge in [0.2, 0.25) is 11.9 Å². The molecule has 1 amide bonds. The Hall–Kier alpha value is -3.47. The molecule has 4 heterocycles. The van der Waals surface area contributed by atoms with Crippen molar-refractivity contribution in [1.29, 1.82) is 0 Å². The van der Waals surface area contributed by atoms with Crippen molar-refractivity contribution in [2.75, 3.05) is 31.3 Å². The van der Waals surface area contributed by atoms with Crippen molar-refractivity contribution in [2.24, 2.45) is 5.92 Å². The molecule has 0 unspecified atom stereocenters. The molecule has 194 valence electrons. The van der Waals surface area contributed by atoms with Crippen molar-refractivity contribution >= 4 is 21.7 Å². The lowest BCUT2D eigenvalue weighted by molar-refractivity contribution is -0.133. The summed E-state index contributed by atoms with van der Waals surface area (Å²) in [5.74, 6) is 2.75. The zero-order chi connectivity index (χ0) is 25.6. The van der Waals surface area contributed by atoms with Crippen molar-refractivity contribution in [3.05, 3.63) is 47.9 Å². The number of hydrogen-bond acceptors (Lipinski definition) is 8. The lowest BCUT2D eigenvalue weighted by atomic mass is 10.1. The second kappa shape index (κ2) is 9.44. The Morgan fingerprint density at radius 2 is 2.05 bits per heavy atom. The van der Waals surface area contributed by atoms with Crippen LogP contribution >= 0.6 is 0 Å². The van der Waals surface area contributed by atoms with Crippen molar-refractivity contribution in [1.82, 2.24) is 24.4 Å². The number of amides is 1. The van der Waals surface area contributed by atoms with E-state index in [9.17, 15) is 13.2 Å². The molecule has 6 rings (SSSR count). The van der Waals surface area contributed by atoms with Gasteiger partial charge in [0.1, 0.15) is 17.4 Å². The van der Waals surface area contributed by atoms with Gasteiger partial charge < -0.3 is 15.0 Å². The van der Waals surface area contributed by atoms with Gasteiger partial charge in [-0.2, -0.15) is 4.98 Å². The molecule has 10 nitrogen and oxygen atoms in total. The third-order valence-electron chi connectivity index (χ3n) is 7.06. The van der Waals surface area contributed by atoms with Crippen LogP contribution in [0.4, 0.5) is 5.95 Å². The molecule has 1 saturated carbocycles. The number of sulfone groups is 1. The van der Waals surface area contributed by atoms with Crippen molar-refractivity contribution in [3.8, 4) is 23.0 Å². The van der Waals surface area contributed by atoms with Gasteiger partial charge >= 0.3 is 0 Å². The summed E-state index contributed by atoms with van der Waals surface area (Å²) in [5.41, 5.74) is 2.49. The highest BCUT2D eigenvalue weighted by molar-refractivity contribution is 7.89. The molecule has 3 aromatic rings. The van der Waals surface area contributed by atoms with Crippen LogP contribution in [-0.2, 0) is 26.8 Å². The molecule has 2 fully saturated rings. The van der Waals surface area contributed by atoms with E-state index < -0.39 is 9.84 Å². The fourth-order valence-electron chi connectivity index (χ4n) is 5.15. The second-order valence-electron chi connectivity index (χ2n) is 10.2. The summed E-state index contributed by atoms with van der Waals surface area (Å²) < 4.78 is 31.9. The number of carbonyl (C=O) groups excluding carboxylic acids is 1. The standard InChI is InChI=1S/C26H30N6O4S/c1-37(34,35)16-21-14-28-24(19-6-7-22-18(13-19)9-12-36-22)32(21)23-8-10-27-26(30-23)29-20-3-2-11-31(15-20)25(33)17-4-5-17/h6-8,10,13-14,17,20H,2-5,9,11-12,15-16H2,1H3,(H,27,29,30)/t20-/m0/s1. The van der Waals surface area contributed by atoms with Gasteiger partial charge in [-0.3, -0.25) is 9.36 Å². The number of piperidine rings is 1. The molecule has 1 N–H and O–H groups in total. The van der Waals surface area contributed by atoms with E-state index >= 15 is 0 Å². The first kappa shape index (κ1) is 23.9. The van der Waals surface area contributed by atoms with E-state index in [1.54, 1.807) is 23.0 Å². The lowest BCUT2D eigenvalue weighted by Gasteiger charge is -2.33. The molecule has 0 bridgehead atoms. The van der Waals surface area contributed by atoms with Crippen LogP contribution in [0.1, 0.15) is 36.9 Å². The molecule has 1 atom stereocenters. The van der Waals surface area contributed by atoms with Crippen molar-refractivity contribution < 1.29 is 17.9 Å². The summed E-state index contributed by atoms with van der Waals surface area (Å²) in [6.07, 6.45) is 9.14. The summed E-state index contributed by atoms with van der Waals surface area (Å²) in [6, 6.07) is 7.71. The molecule has 1 saturated heterocycles. The molecule has 2 aromatic heterocycles. The molecule has 1 aliphatic carbocycles. The van der Waals surface area contributed by atoms with Crippen LogP contribution in [0.2, 0.25) is 0 Å². The van der Waals surface area contributed by atoms with E-state index in [4.69, 9.17) is 9.72 Å². The van der Waals surface area contributed by atoms with Crippen LogP contribution in [-0.4, -0.2) is 70.7 Å². The monoisotopic (exact) mass is 522 g/mol. The zero-order valence-corrected chi connectivity index (χ0v) is 21.6. The molecular formula is C26H30N6O4S. The highest BCUT2D eigenvalue weighted by Crippen LogP contribution is 2.33. The van der Waals surface area contributed by atoms with E-state index in [1.807, 2.05) is 23.1 Å². The fourth-order valence-corrected chi connectivity index (χ4v) is 5.89. The Labute approximate surface area is 216 Å². The van der Waals surface area contributed by atoms with E-state index in [0.717, 1.165) is 55.5 Å². The number of fused-ring (bicyclic) bond motifs is 1. The lowest BCUT2D eigenvalue weighted by Crippen LogP contribution is -2.45. The van der Waals surface area contributed by atoms with Gasteiger partial charge in [-0.25, -0.2) is 18.4 Å². The summed E-state index contributed by atoms with van der Waals surface area (Å²) in [4.78, 5) is 28.3. The smallest absolute Gasteiger partial charge is 0.225 e. The summed E-state index contributed by atoms with van der Waals surface area (Å²) in [6.45, 7) is 2.08. The third kappa shape index (κ3) is 5.18. The Morgan fingerprint density at radius 3 is 2.86 bits per heavy atom. The average Bonchev–Trinajstić information content (AvgIpc) is 3.48. The van der Waals surface area contributed by atoms with Gasteiger partial charge in [0.05, 0.1) is 24.3 Å². The molecule has 3 aliphatic rings. The number of hydrogen-bond donors (Lipinski definition) is 1. The molecule has 1 aromatic carbocycles. The van der Waals surface area contributed by atoms with Gasteiger partial charge in [-0.15, -0.1) is 0 Å². The fraction of sp³-hybridized carbons (Fsp3) is 0.462. The van der Waals surface area contributed by atoms with Crippen molar-refractivity contribution in [3.63, 3.8) is 0 Å². The van der Waals surface area contributed by atoms with Gasteiger partial charge in [0.15, 0.2) is 9.84 Å². The predicted molar refractivity (Wildman–Crippen MR) is 138 cm³/mol. The first-order valence-electron chi connectivity index (χ1n) is 12.7. The minimum Gasteiger partial charge on any atom is -0.493 e. The number of carbonyl (C=O) groups is 1. The summed E-state index contributed by atoms with van der Waals surface area (Å²) >= 11 is 0. The SMILES string of the molecule is CS(=O)(=O)Cc1cnc(-c2ccc3c(c2)CCO3)n1-c1ccnc(N[C@H]2CCCN(C(=O)C3CC3)C2)n1. The van der Waals surface area contributed by atoms with Crippen molar-refractivity contribution in [2.45, 2.75) is 43.9 Å². The second-order valence-corrected chi connectivity index (χ2v) is 12.3. The van der Waals surface area contributed by atoms with E-state index in [1.165, 1.54) is 6.26 Å². The normalized spacial score (nSPS) is 19.4. The predicted octanol–water partition coefficient (Wildman–Crippen LogP) is 2.62. The minimum absolute atomic E-state index is 0.0566. The van der Waals surface area contributed by atoms with Crippen LogP contribution in [0.5, 0.6) is 5.75 Å². The molecule has 0 radical (unpaired) electrons. The van der Waals surface area contributed by atoms with Crippen LogP contribution in [0.15, 0.2) is 36.7 Å². The van der Waals surface area contributed by atoms with Gasteiger partial charge in [0, 0.05) is 49.5 Å². The van der Waals surface area contributed by atoms with E-state index in [-0.39, 0.29) is 23.6 Å². The maximum absolute atomic E-state index is 12.6. The number of ether oxygens (including phenoxy) is 1. The number of nitrogens with one attached hydrogen (secondary N) is 1. The quantitative estimate of drug-likeness (QED) is 0.503. The zero-order valence-electron chi connectivity index (χ0n) is 20.8. The Kier molecular flexibility index (Phi) is 6.10. The third-order valence-corrected chi connectivity index (χ3v) is 7.88. The van der Waals surface area contributed by atoms with Gasteiger partial charge in [0.25, 0.3) is 0 Å². The first-order chi connectivity index (χ1) is 17.8. The molecule has 11 heteroatoms. The average molecular weight is 523 g/mol. The number of nitrogens with zero attached hydrogens (tertiary/aromatic N) is 5. The minimum atomic E-state index is -3.31. The van der Waals surface area contributed by atoms with E-state index in [2.05, 4.69) is 15.3 Å². The van der Waals surface area contributed by atoms with Gasteiger partial charge in [-0.1, -0.05) is 0 Å². The maximum Gasteiger partial charge on any atom is 0.225 e. The number of imidazole rings is 1. The number of rotatable bonds is 7. The van der Waals surface area contributed by atoms with Crippen LogP contribution in [0.3, 0.4) is 0 Å². The number of anilines is 1. The van der Waals surface area contributed by atoms with Crippen LogP contribution in [0, 0.1) is 5.92 Å². The molecule has 37 heavy (non-hydrogen) atoms. The number of likely N-dealkylation sites (tertiary alicyclic amines) is 1. The molecule has 0 spiro atoms. The molecular weight excluding hydrogens is 492 g/mol. The largest absolute Gasteiger partial charge is 0.493 e. The maximum atomic E-state index is 12.6. The summed E-state index contributed by atoms with van der Waals surface area (Å²) in [5, 5.41) is 3.40. The highest BCUT2D eigenvalue weighted by Gasteiger charge is 2.35. The topological polar surface area (TPSA) is 119 Å². The van der Waals surface area contributed by atoms with E-state index in [0.29, 0.717) is 36.4 Å². The Morgan fingerprint density at radius 1 is 1.19 bits per heavy atom. The molecule has 2 aliphatic heterocycles. The number of benzene rings is 1. The highest BCUT2D eigenvalue weighted by atomic mass is 32.2. The summed E-state index contributed by atoms with van der Waals surface area (Å²) in [7, 11) is -3.31. The van der Waals surface area contributed by atoms with Crippen LogP contribution < -0.4 is 10.1 Å². The number of aromatic nitrogens is 4. The van der Waals surface area contributed by atoms with Gasteiger partial charge in [-0.05, 0) is 55.5 Å².